The van der Waals surface area contributed by atoms with Crippen molar-refractivity contribution in [3.63, 3.8) is 0 Å². The molecule has 0 saturated carbocycles. The van der Waals surface area contributed by atoms with Crippen LogP contribution >= 0.6 is 11.3 Å². The van der Waals surface area contributed by atoms with Gasteiger partial charge in [-0.3, -0.25) is 0 Å². The average Bonchev–Trinajstić information content (AvgIpc) is 3.61. The number of nitrogens with zero attached hydrogens (tertiary/aromatic N) is 1. The van der Waals surface area contributed by atoms with Gasteiger partial charge in [-0.2, -0.15) is 0 Å². The van der Waals surface area contributed by atoms with Crippen molar-refractivity contribution in [1.82, 2.24) is 0 Å². The van der Waals surface area contributed by atoms with Gasteiger partial charge in [0.25, 0.3) is 0 Å². The topological polar surface area (TPSA) is 3.24 Å². The highest BCUT2D eigenvalue weighted by atomic mass is 32.1. The molecule has 0 aliphatic heterocycles. The van der Waals surface area contributed by atoms with E-state index in [1.807, 2.05) is 17.4 Å². The molecule has 250 valence electrons. The molecule has 0 saturated heterocycles. The largest absolute Gasteiger partial charge is 0.310 e. The molecule has 0 atom stereocenters. The summed E-state index contributed by atoms with van der Waals surface area (Å²) in [4.78, 5) is 2.49. The van der Waals surface area contributed by atoms with Gasteiger partial charge in [0.2, 0.25) is 0 Å². The van der Waals surface area contributed by atoms with Crippen LogP contribution < -0.4 is 4.90 Å². The third-order valence-electron chi connectivity index (χ3n) is 11.5. The highest BCUT2D eigenvalue weighted by Gasteiger charge is 2.37. The highest BCUT2D eigenvalue weighted by molar-refractivity contribution is 7.25. The molecular weight excluding hydrogens is 635 g/mol. The molecule has 6 aromatic carbocycles. The fraction of sp³-hybridized carbons (Fsp3) is 0.184. The van der Waals surface area contributed by atoms with Gasteiger partial charge in [-0.1, -0.05) is 113 Å². The van der Waals surface area contributed by atoms with Crippen molar-refractivity contribution in [3.8, 4) is 11.1 Å². The Morgan fingerprint density at radius 2 is 1.39 bits per heavy atom. The maximum absolute atomic E-state index is 4.08. The van der Waals surface area contributed by atoms with Crippen LogP contribution in [0.25, 0.3) is 37.4 Å². The minimum absolute atomic E-state index is 0.0906. The summed E-state index contributed by atoms with van der Waals surface area (Å²) in [6.07, 6.45) is 8.08. The first-order valence-electron chi connectivity index (χ1n) is 18.2. The van der Waals surface area contributed by atoms with E-state index in [-0.39, 0.29) is 10.8 Å². The second kappa shape index (κ2) is 11.7. The zero-order valence-electron chi connectivity index (χ0n) is 30.2. The Kier molecular flexibility index (Phi) is 7.28. The van der Waals surface area contributed by atoms with Crippen molar-refractivity contribution in [1.29, 1.82) is 0 Å². The smallest absolute Gasteiger partial charge is 0.0470 e. The van der Waals surface area contributed by atoms with Crippen LogP contribution in [0.5, 0.6) is 0 Å². The SMILES string of the molecule is C=CCc1cc(/C=C/C)cc(N(c2ccc3c(c2)Cc2c(ccc4sc5ccccc5c24)C3(C)C)c2ccc3c(c2)C(C)(C)c2ccccc2-3)c1. The van der Waals surface area contributed by atoms with E-state index in [1.54, 1.807) is 0 Å². The first-order valence-corrected chi connectivity index (χ1v) is 19.0. The van der Waals surface area contributed by atoms with Crippen LogP contribution in [0.2, 0.25) is 0 Å². The van der Waals surface area contributed by atoms with Crippen molar-refractivity contribution in [2.75, 3.05) is 4.90 Å². The summed E-state index contributed by atoms with van der Waals surface area (Å²) >= 11 is 1.91. The highest BCUT2D eigenvalue weighted by Crippen LogP contribution is 2.52. The number of anilines is 3. The van der Waals surface area contributed by atoms with Crippen molar-refractivity contribution in [3.05, 3.63) is 178 Å². The Hall–Kier alpha value is -5.18. The van der Waals surface area contributed by atoms with Gasteiger partial charge in [0, 0.05) is 48.1 Å². The predicted octanol–water partition coefficient (Wildman–Crippen LogP) is 13.8. The summed E-state index contributed by atoms with van der Waals surface area (Å²) in [5, 5.41) is 2.81. The van der Waals surface area contributed by atoms with Crippen LogP contribution in [0.1, 0.15) is 79.1 Å². The minimum atomic E-state index is -0.115. The number of allylic oxidation sites excluding steroid dienone is 2. The summed E-state index contributed by atoms with van der Waals surface area (Å²) in [7, 11) is 0. The van der Waals surface area contributed by atoms with Crippen LogP contribution in [0.3, 0.4) is 0 Å². The van der Waals surface area contributed by atoms with Crippen LogP contribution in [0, 0.1) is 0 Å². The van der Waals surface area contributed by atoms with E-state index < -0.39 is 0 Å². The van der Waals surface area contributed by atoms with Crippen LogP contribution in [-0.2, 0) is 23.7 Å². The van der Waals surface area contributed by atoms with Crippen molar-refractivity contribution < 1.29 is 0 Å². The first kappa shape index (κ1) is 31.8. The van der Waals surface area contributed by atoms with E-state index in [1.165, 1.54) is 87.2 Å². The lowest BCUT2D eigenvalue weighted by Gasteiger charge is -2.37. The van der Waals surface area contributed by atoms with Crippen LogP contribution in [-0.4, -0.2) is 0 Å². The summed E-state index contributed by atoms with van der Waals surface area (Å²) in [6, 6.07) is 43.9. The van der Waals surface area contributed by atoms with Gasteiger partial charge in [0.05, 0.1) is 0 Å². The molecule has 0 bridgehead atoms. The molecular formula is C49H43NS. The molecule has 1 nitrogen and oxygen atoms in total. The van der Waals surface area contributed by atoms with E-state index in [0.29, 0.717) is 0 Å². The average molecular weight is 678 g/mol. The van der Waals surface area contributed by atoms with Gasteiger partial charge in [-0.15, -0.1) is 17.9 Å². The van der Waals surface area contributed by atoms with E-state index >= 15 is 0 Å². The van der Waals surface area contributed by atoms with Gasteiger partial charge in [-0.25, -0.2) is 0 Å². The third-order valence-corrected chi connectivity index (χ3v) is 12.7. The molecule has 0 unspecified atom stereocenters. The molecule has 51 heavy (non-hydrogen) atoms. The van der Waals surface area contributed by atoms with Crippen LogP contribution in [0.4, 0.5) is 17.1 Å². The normalized spacial score (nSPS) is 15.1. The Bertz CT molecular complexity index is 2570. The minimum Gasteiger partial charge on any atom is -0.310 e. The van der Waals surface area contributed by atoms with Crippen LogP contribution in [0.15, 0.2) is 134 Å². The second-order valence-corrected chi connectivity index (χ2v) is 16.5. The molecule has 7 aromatic rings. The molecule has 2 aliphatic carbocycles. The number of hydrogen-bond acceptors (Lipinski definition) is 2. The molecule has 1 heterocycles. The molecule has 0 N–H and O–H groups in total. The Balaban J connectivity index is 1.25. The Morgan fingerprint density at radius 1 is 0.667 bits per heavy atom. The maximum Gasteiger partial charge on any atom is 0.0470 e. The first-order chi connectivity index (χ1) is 24.7. The van der Waals surface area contributed by atoms with Gasteiger partial charge in [0.15, 0.2) is 0 Å². The van der Waals surface area contributed by atoms with Gasteiger partial charge in [0.1, 0.15) is 0 Å². The lowest BCUT2D eigenvalue weighted by molar-refractivity contribution is 0.613. The number of fused-ring (bicyclic) bond motifs is 9. The van der Waals surface area contributed by atoms with E-state index in [4.69, 9.17) is 0 Å². The fourth-order valence-electron chi connectivity index (χ4n) is 9.15. The van der Waals surface area contributed by atoms with E-state index in [9.17, 15) is 0 Å². The van der Waals surface area contributed by atoms with Gasteiger partial charge in [-0.05, 0) is 124 Å². The molecule has 9 rings (SSSR count). The molecule has 0 amide bonds. The fourth-order valence-corrected chi connectivity index (χ4v) is 10.3. The zero-order valence-corrected chi connectivity index (χ0v) is 31.0. The second-order valence-electron chi connectivity index (χ2n) is 15.4. The molecule has 2 aliphatic rings. The maximum atomic E-state index is 4.08. The predicted molar refractivity (Wildman–Crippen MR) is 222 cm³/mol. The zero-order chi connectivity index (χ0) is 35.1. The quantitative estimate of drug-likeness (QED) is 0.158. The molecule has 0 fully saturated rings. The van der Waals surface area contributed by atoms with Gasteiger partial charge >= 0.3 is 0 Å². The van der Waals surface area contributed by atoms with Gasteiger partial charge < -0.3 is 4.90 Å². The molecule has 0 radical (unpaired) electrons. The summed E-state index contributed by atoms with van der Waals surface area (Å²) in [6.45, 7) is 15.7. The molecule has 2 heteroatoms. The van der Waals surface area contributed by atoms with E-state index in [0.717, 1.165) is 18.5 Å². The molecule has 0 spiro atoms. The summed E-state index contributed by atoms with van der Waals surface area (Å²) in [5.74, 6) is 0. The van der Waals surface area contributed by atoms with E-state index in [2.05, 4.69) is 174 Å². The summed E-state index contributed by atoms with van der Waals surface area (Å²) < 4.78 is 2.74. The number of hydrogen-bond donors (Lipinski definition) is 0. The van der Waals surface area contributed by atoms with Crippen molar-refractivity contribution in [2.45, 2.75) is 58.3 Å². The third kappa shape index (κ3) is 4.88. The monoisotopic (exact) mass is 677 g/mol. The summed E-state index contributed by atoms with van der Waals surface area (Å²) in [5.41, 5.74) is 17.0. The Labute approximate surface area is 306 Å². The standard InChI is InChI=1S/C49H43NS/c1-7-13-31-25-32(14-8-2)27-36(26-31)50(35-19-21-38-37-15-9-11-17-42(37)49(5,6)44(38)30-35)34-20-22-41-33(28-34)29-40-43(48(41,3)4)23-24-46-47(40)39-16-10-12-18-45(39)51-46/h7-12,14-28,30H,1,13,29H2,2-6H3/b14-8+. The number of rotatable bonds is 6. The molecule has 1 aromatic heterocycles. The van der Waals surface area contributed by atoms with Crippen molar-refractivity contribution >= 4 is 54.6 Å². The number of thiophene rings is 1. The van der Waals surface area contributed by atoms with Crippen molar-refractivity contribution in [2.24, 2.45) is 0 Å². The number of benzene rings is 6. The Morgan fingerprint density at radius 3 is 2.24 bits per heavy atom. The lowest BCUT2D eigenvalue weighted by Crippen LogP contribution is -2.27. The lowest BCUT2D eigenvalue weighted by atomic mass is 9.68.